The quantitative estimate of drug-likeness (QED) is 0.809. The topological polar surface area (TPSA) is 69.6 Å². The van der Waals surface area contributed by atoms with Crippen molar-refractivity contribution in [1.29, 1.82) is 0 Å². The number of urea groups is 1. The Kier molecular flexibility index (Phi) is 5.58. The van der Waals surface area contributed by atoms with Crippen LogP contribution in [0.25, 0.3) is 0 Å². The number of phenolic OH excluding ortho intramolecular Hbond substituents is 1. The Morgan fingerprint density at radius 3 is 2.38 bits per heavy atom. The zero-order valence-corrected chi connectivity index (χ0v) is 14.1. The third-order valence-corrected chi connectivity index (χ3v) is 3.96. The van der Waals surface area contributed by atoms with Crippen molar-refractivity contribution in [2.24, 2.45) is 0 Å². The van der Waals surface area contributed by atoms with Gasteiger partial charge in [-0.3, -0.25) is 4.79 Å². The normalized spacial score (nSPS) is 11.6. The third kappa shape index (κ3) is 4.13. The summed E-state index contributed by atoms with van der Waals surface area (Å²) in [7, 11) is 0. The van der Waals surface area contributed by atoms with Gasteiger partial charge in [0.25, 0.3) is 0 Å². The molecule has 1 atom stereocenters. The number of nitrogens with zero attached hydrogens (tertiary/aromatic N) is 1. The molecule has 0 aliphatic heterocycles. The van der Waals surface area contributed by atoms with Crippen LogP contribution in [0.1, 0.15) is 42.7 Å². The highest BCUT2D eigenvalue weighted by Gasteiger charge is 2.20. The van der Waals surface area contributed by atoms with Gasteiger partial charge in [-0.25, -0.2) is 4.79 Å². The number of benzene rings is 2. The molecule has 0 saturated heterocycles. The lowest BCUT2D eigenvalue weighted by atomic mass is 10.1. The Labute approximate surface area is 141 Å². The van der Waals surface area contributed by atoms with E-state index in [1.54, 1.807) is 47.4 Å². The minimum Gasteiger partial charge on any atom is -0.508 e. The molecule has 0 aliphatic rings. The van der Waals surface area contributed by atoms with Crippen LogP contribution < -0.4 is 5.32 Å². The largest absolute Gasteiger partial charge is 0.508 e. The SMILES string of the molecule is CCN(C(=O)Nc1ccc(C(C)=O)cc1)C(C)c1cccc(O)c1. The fourth-order valence-electron chi connectivity index (χ4n) is 2.54. The zero-order chi connectivity index (χ0) is 17.7. The number of aromatic hydroxyl groups is 1. The molecule has 2 aromatic carbocycles. The summed E-state index contributed by atoms with van der Waals surface area (Å²) in [6.07, 6.45) is 0. The molecule has 2 rings (SSSR count). The van der Waals surface area contributed by atoms with Crippen molar-refractivity contribution in [2.75, 3.05) is 11.9 Å². The third-order valence-electron chi connectivity index (χ3n) is 3.96. The molecule has 24 heavy (non-hydrogen) atoms. The van der Waals surface area contributed by atoms with Gasteiger partial charge in [0.05, 0.1) is 6.04 Å². The van der Waals surface area contributed by atoms with Crippen molar-refractivity contribution in [2.45, 2.75) is 26.8 Å². The number of nitrogens with one attached hydrogen (secondary N) is 1. The molecular formula is C19H22N2O3. The van der Waals surface area contributed by atoms with E-state index in [0.717, 1.165) is 5.56 Å². The van der Waals surface area contributed by atoms with Crippen LogP contribution in [0.4, 0.5) is 10.5 Å². The monoisotopic (exact) mass is 326 g/mol. The van der Waals surface area contributed by atoms with E-state index in [0.29, 0.717) is 17.8 Å². The Balaban J connectivity index is 2.12. The van der Waals surface area contributed by atoms with E-state index < -0.39 is 0 Å². The minimum atomic E-state index is -0.232. The second kappa shape index (κ2) is 7.64. The van der Waals surface area contributed by atoms with Gasteiger partial charge in [-0.2, -0.15) is 0 Å². The van der Waals surface area contributed by atoms with Gasteiger partial charge in [-0.15, -0.1) is 0 Å². The van der Waals surface area contributed by atoms with Crippen molar-refractivity contribution in [1.82, 2.24) is 4.90 Å². The maximum atomic E-state index is 12.5. The van der Waals surface area contributed by atoms with E-state index >= 15 is 0 Å². The van der Waals surface area contributed by atoms with Crippen LogP contribution in [0.5, 0.6) is 5.75 Å². The van der Waals surface area contributed by atoms with Crippen LogP contribution >= 0.6 is 0 Å². The van der Waals surface area contributed by atoms with Gasteiger partial charge < -0.3 is 15.3 Å². The van der Waals surface area contributed by atoms with E-state index in [4.69, 9.17) is 0 Å². The van der Waals surface area contributed by atoms with Crippen LogP contribution in [0.15, 0.2) is 48.5 Å². The lowest BCUT2D eigenvalue weighted by Crippen LogP contribution is -2.36. The molecule has 0 radical (unpaired) electrons. The van der Waals surface area contributed by atoms with E-state index in [1.165, 1.54) is 6.92 Å². The Hall–Kier alpha value is -2.82. The predicted molar refractivity (Wildman–Crippen MR) is 94.4 cm³/mol. The molecule has 0 fully saturated rings. The molecule has 2 aromatic rings. The first kappa shape index (κ1) is 17.5. The van der Waals surface area contributed by atoms with Crippen molar-refractivity contribution < 1.29 is 14.7 Å². The van der Waals surface area contributed by atoms with Crippen LogP contribution in [-0.2, 0) is 0 Å². The number of anilines is 1. The summed E-state index contributed by atoms with van der Waals surface area (Å²) in [5, 5.41) is 12.5. The van der Waals surface area contributed by atoms with Gasteiger partial charge in [0.15, 0.2) is 5.78 Å². The van der Waals surface area contributed by atoms with Crippen LogP contribution in [0.2, 0.25) is 0 Å². The Bertz CT molecular complexity index is 726. The van der Waals surface area contributed by atoms with Crippen molar-refractivity contribution in [3.05, 3.63) is 59.7 Å². The zero-order valence-electron chi connectivity index (χ0n) is 14.1. The molecule has 0 bridgehead atoms. The van der Waals surface area contributed by atoms with Gasteiger partial charge in [0.1, 0.15) is 5.75 Å². The molecule has 0 aliphatic carbocycles. The van der Waals surface area contributed by atoms with Crippen LogP contribution in [0.3, 0.4) is 0 Å². The first-order valence-corrected chi connectivity index (χ1v) is 7.90. The fourth-order valence-corrected chi connectivity index (χ4v) is 2.54. The second-order valence-corrected chi connectivity index (χ2v) is 5.62. The standard InChI is InChI=1S/C19H22N2O3/c1-4-21(13(2)16-6-5-7-18(23)12-16)19(24)20-17-10-8-15(9-11-17)14(3)22/h5-13,23H,4H2,1-3H3,(H,20,24). The fraction of sp³-hybridized carbons (Fsp3) is 0.263. The minimum absolute atomic E-state index is 0.0134. The number of phenols is 1. The molecule has 0 aromatic heterocycles. The van der Waals surface area contributed by atoms with Crippen LogP contribution in [-0.4, -0.2) is 28.4 Å². The van der Waals surface area contributed by atoms with Gasteiger partial charge in [0, 0.05) is 17.8 Å². The molecule has 126 valence electrons. The van der Waals surface area contributed by atoms with E-state index in [2.05, 4.69) is 5.32 Å². The molecule has 5 heteroatoms. The molecule has 1 unspecified atom stereocenters. The van der Waals surface area contributed by atoms with E-state index in [-0.39, 0.29) is 23.6 Å². The van der Waals surface area contributed by atoms with Crippen LogP contribution in [0, 0.1) is 0 Å². The maximum Gasteiger partial charge on any atom is 0.322 e. The molecule has 5 nitrogen and oxygen atoms in total. The molecular weight excluding hydrogens is 304 g/mol. The number of carbonyl (C=O) groups excluding carboxylic acids is 2. The molecule has 0 spiro atoms. The lowest BCUT2D eigenvalue weighted by molar-refractivity contribution is 0.101. The summed E-state index contributed by atoms with van der Waals surface area (Å²) in [5.41, 5.74) is 2.10. The van der Waals surface area contributed by atoms with Crippen molar-refractivity contribution in [3.8, 4) is 5.75 Å². The first-order valence-electron chi connectivity index (χ1n) is 7.90. The number of carbonyl (C=O) groups is 2. The Morgan fingerprint density at radius 2 is 1.83 bits per heavy atom. The highest BCUT2D eigenvalue weighted by atomic mass is 16.3. The van der Waals surface area contributed by atoms with Crippen molar-refractivity contribution >= 4 is 17.5 Å². The smallest absolute Gasteiger partial charge is 0.322 e. The van der Waals surface area contributed by atoms with Crippen molar-refractivity contribution in [3.63, 3.8) is 0 Å². The summed E-state index contributed by atoms with van der Waals surface area (Å²) in [6, 6.07) is 13.3. The number of rotatable bonds is 5. The summed E-state index contributed by atoms with van der Waals surface area (Å²) >= 11 is 0. The van der Waals surface area contributed by atoms with E-state index in [9.17, 15) is 14.7 Å². The lowest BCUT2D eigenvalue weighted by Gasteiger charge is -2.28. The Morgan fingerprint density at radius 1 is 1.17 bits per heavy atom. The predicted octanol–water partition coefficient (Wildman–Crippen LogP) is 4.21. The number of Topliss-reactive ketones (excluding diaryl/α,β-unsaturated/α-hetero) is 1. The second-order valence-electron chi connectivity index (χ2n) is 5.62. The molecule has 2 N–H and O–H groups in total. The number of amides is 2. The van der Waals surface area contributed by atoms with Gasteiger partial charge >= 0.3 is 6.03 Å². The van der Waals surface area contributed by atoms with Gasteiger partial charge in [0.2, 0.25) is 0 Å². The van der Waals surface area contributed by atoms with Gasteiger partial charge in [-0.1, -0.05) is 12.1 Å². The van der Waals surface area contributed by atoms with E-state index in [1.807, 2.05) is 19.9 Å². The summed E-state index contributed by atoms with van der Waals surface area (Å²) < 4.78 is 0. The molecule has 0 heterocycles. The van der Waals surface area contributed by atoms with Gasteiger partial charge in [-0.05, 0) is 62.7 Å². The number of hydrogen-bond donors (Lipinski definition) is 2. The summed E-state index contributed by atoms with van der Waals surface area (Å²) in [6.45, 7) is 5.84. The first-order chi connectivity index (χ1) is 11.4. The summed E-state index contributed by atoms with van der Waals surface area (Å²) in [5.74, 6) is 0.163. The summed E-state index contributed by atoms with van der Waals surface area (Å²) in [4.78, 5) is 25.5. The average Bonchev–Trinajstić information content (AvgIpc) is 2.56. The number of ketones is 1. The highest BCUT2D eigenvalue weighted by Crippen LogP contribution is 2.24. The highest BCUT2D eigenvalue weighted by molar-refractivity contribution is 5.95. The average molecular weight is 326 g/mol. The number of hydrogen-bond acceptors (Lipinski definition) is 3. The maximum absolute atomic E-state index is 12.5. The molecule has 2 amide bonds. The molecule has 0 saturated carbocycles.